The van der Waals surface area contributed by atoms with E-state index in [-0.39, 0.29) is 33.3 Å². The fourth-order valence-corrected chi connectivity index (χ4v) is 3.30. The standard InChI is InChI=1S/C18H11ClF4N2O2S/c1-27-10-3-5-12(14(20)7-10)16(26)24-9-2-4-11(13(19)6-9)15-8-28-17(25-15)18(21,22)23/h2-8H,1H3,(H,24,26). The van der Waals surface area contributed by atoms with Gasteiger partial charge in [-0.15, -0.1) is 11.3 Å². The molecule has 0 aliphatic carbocycles. The van der Waals surface area contributed by atoms with Crippen LogP contribution in [0, 0.1) is 5.82 Å². The normalized spacial score (nSPS) is 11.4. The Morgan fingerprint density at radius 2 is 1.96 bits per heavy atom. The maximum absolute atomic E-state index is 14.0. The Kier molecular flexibility index (Phi) is 5.57. The zero-order valence-electron chi connectivity index (χ0n) is 14.1. The van der Waals surface area contributed by atoms with Gasteiger partial charge < -0.3 is 10.1 Å². The van der Waals surface area contributed by atoms with Crippen molar-refractivity contribution in [3.63, 3.8) is 0 Å². The second kappa shape index (κ2) is 7.76. The molecule has 4 nitrogen and oxygen atoms in total. The minimum absolute atomic E-state index is 0.0707. The average Bonchev–Trinajstić information content (AvgIpc) is 3.11. The molecular formula is C18H11ClF4N2O2S. The first-order chi connectivity index (χ1) is 13.2. The molecule has 1 aromatic heterocycles. The molecule has 0 unspecified atom stereocenters. The Hall–Kier alpha value is -2.65. The fraction of sp³-hybridized carbons (Fsp3) is 0.111. The number of nitrogens with one attached hydrogen (secondary N) is 1. The van der Waals surface area contributed by atoms with Crippen LogP contribution in [0.2, 0.25) is 5.02 Å². The van der Waals surface area contributed by atoms with Crippen molar-refractivity contribution < 1.29 is 27.1 Å². The van der Waals surface area contributed by atoms with E-state index in [0.717, 1.165) is 6.07 Å². The molecule has 0 spiro atoms. The maximum atomic E-state index is 14.0. The molecule has 0 fully saturated rings. The number of hydrogen-bond acceptors (Lipinski definition) is 4. The minimum atomic E-state index is -4.54. The van der Waals surface area contributed by atoms with Crippen molar-refractivity contribution in [2.75, 3.05) is 12.4 Å². The lowest BCUT2D eigenvalue weighted by Gasteiger charge is -2.09. The van der Waals surface area contributed by atoms with E-state index in [1.807, 2.05) is 0 Å². The summed E-state index contributed by atoms with van der Waals surface area (Å²) in [4.78, 5) is 15.8. The third kappa shape index (κ3) is 4.26. The van der Waals surface area contributed by atoms with Crippen molar-refractivity contribution in [1.82, 2.24) is 4.98 Å². The SMILES string of the molecule is COc1ccc(C(=O)Nc2ccc(-c3csc(C(F)(F)F)n3)c(Cl)c2)c(F)c1. The predicted octanol–water partition coefficient (Wildman–Crippen LogP) is 5.88. The van der Waals surface area contributed by atoms with Crippen LogP contribution in [0.3, 0.4) is 0 Å². The van der Waals surface area contributed by atoms with Gasteiger partial charge in [0, 0.05) is 22.7 Å². The summed E-state index contributed by atoms with van der Waals surface area (Å²) in [6, 6.07) is 8.00. The molecule has 1 heterocycles. The zero-order valence-corrected chi connectivity index (χ0v) is 15.7. The molecule has 0 radical (unpaired) electrons. The van der Waals surface area contributed by atoms with Crippen LogP contribution in [0.15, 0.2) is 41.8 Å². The smallest absolute Gasteiger partial charge is 0.443 e. The topological polar surface area (TPSA) is 51.2 Å². The van der Waals surface area contributed by atoms with Crippen molar-refractivity contribution in [3.05, 3.63) is 63.2 Å². The molecular weight excluding hydrogens is 420 g/mol. The molecule has 28 heavy (non-hydrogen) atoms. The number of thiazole rings is 1. The Bertz CT molecular complexity index is 1040. The number of amides is 1. The van der Waals surface area contributed by atoms with Crippen LogP contribution in [-0.2, 0) is 6.18 Å². The summed E-state index contributed by atoms with van der Waals surface area (Å²) in [6.07, 6.45) is -4.54. The quantitative estimate of drug-likeness (QED) is 0.526. The third-order valence-corrected chi connectivity index (χ3v) is 4.87. The van der Waals surface area contributed by atoms with Crippen LogP contribution in [0.5, 0.6) is 5.75 Å². The van der Waals surface area contributed by atoms with Crippen molar-refractivity contribution in [2.45, 2.75) is 6.18 Å². The first-order valence-electron chi connectivity index (χ1n) is 7.66. The largest absolute Gasteiger partial charge is 0.497 e. The van der Waals surface area contributed by atoms with Gasteiger partial charge in [0.05, 0.1) is 23.4 Å². The second-order valence-electron chi connectivity index (χ2n) is 5.53. The van der Waals surface area contributed by atoms with Crippen molar-refractivity contribution in [1.29, 1.82) is 0 Å². The van der Waals surface area contributed by atoms with Crippen LogP contribution in [-0.4, -0.2) is 18.0 Å². The first kappa shape index (κ1) is 20.1. The number of nitrogens with zero attached hydrogens (tertiary/aromatic N) is 1. The monoisotopic (exact) mass is 430 g/mol. The van der Waals surface area contributed by atoms with Gasteiger partial charge in [-0.1, -0.05) is 11.6 Å². The minimum Gasteiger partial charge on any atom is -0.497 e. The van der Waals surface area contributed by atoms with Gasteiger partial charge in [0.25, 0.3) is 5.91 Å². The number of aromatic nitrogens is 1. The summed E-state index contributed by atoms with van der Waals surface area (Å²) >= 11 is 6.59. The fourth-order valence-electron chi connectivity index (χ4n) is 2.33. The summed E-state index contributed by atoms with van der Waals surface area (Å²) in [5.74, 6) is -1.21. The lowest BCUT2D eigenvalue weighted by Crippen LogP contribution is -2.13. The molecule has 10 heteroatoms. The molecule has 1 amide bonds. The van der Waals surface area contributed by atoms with E-state index in [1.54, 1.807) is 0 Å². The molecule has 3 rings (SSSR count). The molecule has 146 valence electrons. The maximum Gasteiger partial charge on any atom is 0.443 e. The molecule has 3 aromatic rings. The predicted molar refractivity (Wildman–Crippen MR) is 98.5 cm³/mol. The highest BCUT2D eigenvalue weighted by Crippen LogP contribution is 2.36. The van der Waals surface area contributed by atoms with Gasteiger partial charge in [-0.25, -0.2) is 9.37 Å². The van der Waals surface area contributed by atoms with E-state index in [0.29, 0.717) is 11.3 Å². The number of anilines is 1. The van der Waals surface area contributed by atoms with E-state index < -0.39 is 22.9 Å². The Balaban J connectivity index is 1.81. The van der Waals surface area contributed by atoms with Crippen molar-refractivity contribution in [3.8, 4) is 17.0 Å². The molecule has 0 bridgehead atoms. The van der Waals surface area contributed by atoms with Gasteiger partial charge in [-0.3, -0.25) is 4.79 Å². The molecule has 0 aliphatic heterocycles. The van der Waals surface area contributed by atoms with Gasteiger partial charge in [-0.05, 0) is 30.3 Å². The van der Waals surface area contributed by atoms with Crippen molar-refractivity contribution >= 4 is 34.5 Å². The van der Waals surface area contributed by atoms with Gasteiger partial charge in [0.1, 0.15) is 11.6 Å². The number of carbonyl (C=O) groups is 1. The third-order valence-electron chi connectivity index (χ3n) is 3.67. The highest BCUT2D eigenvalue weighted by atomic mass is 35.5. The summed E-state index contributed by atoms with van der Waals surface area (Å²) in [6.45, 7) is 0. The number of hydrogen-bond donors (Lipinski definition) is 1. The van der Waals surface area contributed by atoms with Gasteiger partial charge in [0.15, 0.2) is 5.01 Å². The van der Waals surface area contributed by atoms with E-state index in [9.17, 15) is 22.4 Å². The highest BCUT2D eigenvalue weighted by molar-refractivity contribution is 7.10. The summed E-state index contributed by atoms with van der Waals surface area (Å²) < 4.78 is 57.0. The van der Waals surface area contributed by atoms with Crippen LogP contribution < -0.4 is 10.1 Å². The number of alkyl halides is 3. The second-order valence-corrected chi connectivity index (χ2v) is 6.80. The number of methoxy groups -OCH3 is 1. The van der Waals surface area contributed by atoms with Crippen molar-refractivity contribution in [2.24, 2.45) is 0 Å². The highest BCUT2D eigenvalue weighted by Gasteiger charge is 2.34. The lowest BCUT2D eigenvalue weighted by atomic mass is 10.1. The summed E-state index contributed by atoms with van der Waals surface area (Å²) in [5, 5.41) is 2.84. The van der Waals surface area contributed by atoms with E-state index >= 15 is 0 Å². The molecule has 0 saturated heterocycles. The Morgan fingerprint density at radius 1 is 1.21 bits per heavy atom. The molecule has 0 aliphatic rings. The van der Waals surface area contributed by atoms with Gasteiger partial charge in [0.2, 0.25) is 0 Å². The van der Waals surface area contributed by atoms with Gasteiger partial charge in [-0.2, -0.15) is 13.2 Å². The van der Waals surface area contributed by atoms with E-state index in [4.69, 9.17) is 16.3 Å². The van der Waals surface area contributed by atoms with Crippen LogP contribution in [0.25, 0.3) is 11.3 Å². The number of benzene rings is 2. The molecule has 0 atom stereocenters. The van der Waals surface area contributed by atoms with Gasteiger partial charge >= 0.3 is 6.18 Å². The molecule has 0 saturated carbocycles. The van der Waals surface area contributed by atoms with E-state index in [2.05, 4.69) is 10.3 Å². The van der Waals surface area contributed by atoms with Crippen LogP contribution in [0.4, 0.5) is 23.2 Å². The zero-order chi connectivity index (χ0) is 20.5. The molecule has 2 aromatic carbocycles. The van der Waals surface area contributed by atoms with Crippen LogP contribution >= 0.6 is 22.9 Å². The Labute approximate surface area is 165 Å². The number of ether oxygens (including phenoxy) is 1. The van der Waals surface area contributed by atoms with Crippen LogP contribution in [0.1, 0.15) is 15.4 Å². The summed E-state index contributed by atoms with van der Waals surface area (Å²) in [5.41, 5.74) is 0.402. The number of halogens is 5. The Morgan fingerprint density at radius 3 is 2.54 bits per heavy atom. The van der Waals surface area contributed by atoms with E-state index in [1.165, 1.54) is 42.8 Å². The average molecular weight is 431 g/mol. The first-order valence-corrected chi connectivity index (χ1v) is 8.92. The summed E-state index contributed by atoms with van der Waals surface area (Å²) in [7, 11) is 1.37. The molecule has 1 N–H and O–H groups in total. The number of rotatable bonds is 4. The number of carbonyl (C=O) groups excluding carboxylic acids is 1. The lowest BCUT2D eigenvalue weighted by molar-refractivity contribution is -0.137.